The van der Waals surface area contributed by atoms with Crippen LogP contribution in [-0.4, -0.2) is 6.47 Å². The van der Waals surface area contributed by atoms with Gasteiger partial charge in [-0.3, -0.25) is 0 Å². The number of rotatable bonds is 1. The van der Waals surface area contributed by atoms with E-state index in [2.05, 4.69) is 4.89 Å². The highest BCUT2D eigenvalue weighted by Gasteiger charge is 1.41. The van der Waals surface area contributed by atoms with Crippen LogP contribution in [0.25, 0.3) is 0 Å². The standard InChI is InChI=1S/CHO3/c2-1-4-3/h3H/p-1. The van der Waals surface area contributed by atoms with Gasteiger partial charge in [-0.05, 0) is 0 Å². The minimum atomic E-state index is 0.625. The van der Waals surface area contributed by atoms with Crippen LogP contribution in [0.5, 0.6) is 0 Å². The summed E-state index contributed by atoms with van der Waals surface area (Å²) in [6, 6.07) is 0. The SMILES string of the molecule is O=[C]O[O-]. The van der Waals surface area contributed by atoms with Crippen molar-refractivity contribution in [2.75, 3.05) is 0 Å². The van der Waals surface area contributed by atoms with Crippen LogP contribution in [-0.2, 0) is 9.68 Å². The number of carbonyl (C=O) groups excluding carboxylic acids is 1. The quantitative estimate of drug-likeness (QED) is 0.269. The summed E-state index contributed by atoms with van der Waals surface area (Å²) in [4.78, 5) is 11.0. The van der Waals surface area contributed by atoms with Gasteiger partial charge in [0, 0.05) is 0 Å². The van der Waals surface area contributed by atoms with E-state index in [1.807, 2.05) is 0 Å². The van der Waals surface area contributed by atoms with Crippen molar-refractivity contribution in [2.24, 2.45) is 0 Å². The summed E-state index contributed by atoms with van der Waals surface area (Å²) in [6.07, 6.45) is 0. The molecule has 3 nitrogen and oxygen atoms in total. The summed E-state index contributed by atoms with van der Waals surface area (Å²) in [5.41, 5.74) is 0. The van der Waals surface area contributed by atoms with Crippen LogP contribution in [0.1, 0.15) is 0 Å². The number of hydrogen-bond donors (Lipinski definition) is 0. The predicted molar refractivity (Wildman–Crippen MR) is 6.78 cm³/mol. The molecule has 0 amide bonds. The molecular weight excluding hydrogens is 60.0 g/mol. The van der Waals surface area contributed by atoms with Crippen LogP contribution in [0.4, 0.5) is 0 Å². The molecule has 0 aromatic carbocycles. The third-order valence-corrected chi connectivity index (χ3v) is 0.0340. The fraction of sp³-hybridized carbons (Fsp3) is 0. The van der Waals surface area contributed by atoms with E-state index in [4.69, 9.17) is 10.1 Å². The van der Waals surface area contributed by atoms with Crippen molar-refractivity contribution in [1.29, 1.82) is 0 Å². The van der Waals surface area contributed by atoms with E-state index in [0.717, 1.165) is 0 Å². The second kappa shape index (κ2) is 2.43. The molecule has 0 heterocycles. The fourth-order valence-electron chi connectivity index (χ4n) is 0. The maximum Gasteiger partial charge on any atom is 0.411 e. The van der Waals surface area contributed by atoms with Crippen molar-refractivity contribution < 1.29 is 14.9 Å². The van der Waals surface area contributed by atoms with Crippen LogP contribution in [0.2, 0.25) is 0 Å². The largest absolute Gasteiger partial charge is 0.661 e. The van der Waals surface area contributed by atoms with Gasteiger partial charge in [-0.25, -0.2) is 4.79 Å². The molecule has 23 valence electrons. The topological polar surface area (TPSA) is 49.4 Å². The van der Waals surface area contributed by atoms with Crippen LogP contribution < -0.4 is 5.26 Å². The smallest absolute Gasteiger partial charge is 0.411 e. The summed E-state index contributed by atoms with van der Waals surface area (Å²) in [5, 5.41) is 8.38. The molecule has 0 saturated carbocycles. The van der Waals surface area contributed by atoms with E-state index < -0.39 is 0 Å². The van der Waals surface area contributed by atoms with Gasteiger partial charge in [0.2, 0.25) is 0 Å². The maximum atomic E-state index is 8.51. The first-order valence-corrected chi connectivity index (χ1v) is 0.575. The van der Waals surface area contributed by atoms with Gasteiger partial charge in [-0.2, -0.15) is 0 Å². The minimum Gasteiger partial charge on any atom is -0.661 e. The van der Waals surface area contributed by atoms with Gasteiger partial charge in [0.25, 0.3) is 0 Å². The highest BCUT2D eigenvalue weighted by molar-refractivity contribution is 5.36. The molecule has 0 aliphatic carbocycles. The predicted octanol–water partition coefficient (Wildman–Crippen LogP) is -1.65. The molecule has 0 unspecified atom stereocenters. The van der Waals surface area contributed by atoms with Crippen molar-refractivity contribution in [3.05, 3.63) is 0 Å². The van der Waals surface area contributed by atoms with Gasteiger partial charge in [-0.15, -0.1) is 0 Å². The minimum absolute atomic E-state index is 0.625. The van der Waals surface area contributed by atoms with E-state index in [1.165, 1.54) is 0 Å². The zero-order chi connectivity index (χ0) is 3.41. The lowest BCUT2D eigenvalue weighted by molar-refractivity contribution is -0.648. The lowest BCUT2D eigenvalue weighted by Crippen LogP contribution is -2.00. The van der Waals surface area contributed by atoms with E-state index in [1.54, 1.807) is 0 Å². The van der Waals surface area contributed by atoms with E-state index in [9.17, 15) is 0 Å². The van der Waals surface area contributed by atoms with Gasteiger partial charge in [0.15, 0.2) is 0 Å². The summed E-state index contributed by atoms with van der Waals surface area (Å²) < 4.78 is 0. The molecule has 0 aromatic rings. The van der Waals surface area contributed by atoms with Gasteiger partial charge in [0.05, 0.1) is 0 Å². The second-order valence-corrected chi connectivity index (χ2v) is 0.167. The number of hydrogen-bond acceptors (Lipinski definition) is 3. The van der Waals surface area contributed by atoms with Gasteiger partial charge < -0.3 is 10.1 Å². The summed E-state index contributed by atoms with van der Waals surface area (Å²) in [7, 11) is 0. The van der Waals surface area contributed by atoms with Crippen LogP contribution >= 0.6 is 0 Å². The van der Waals surface area contributed by atoms with Crippen LogP contribution in [0, 0.1) is 0 Å². The molecule has 0 N–H and O–H groups in total. The van der Waals surface area contributed by atoms with Crippen molar-refractivity contribution in [3.8, 4) is 0 Å². The Morgan fingerprint density at radius 3 is 2.25 bits per heavy atom. The molecule has 0 aliphatic heterocycles. The van der Waals surface area contributed by atoms with Crippen molar-refractivity contribution >= 4 is 6.47 Å². The maximum absolute atomic E-state index is 8.51. The third-order valence-electron chi connectivity index (χ3n) is 0.0340. The Labute approximate surface area is 22.7 Å². The highest BCUT2D eigenvalue weighted by atomic mass is 17.1. The zero-order valence-electron chi connectivity index (χ0n) is 1.72. The fourth-order valence-corrected chi connectivity index (χ4v) is 0. The molecule has 4 heavy (non-hydrogen) atoms. The van der Waals surface area contributed by atoms with Gasteiger partial charge >= 0.3 is 6.47 Å². The highest BCUT2D eigenvalue weighted by Crippen LogP contribution is 1.23. The third kappa shape index (κ3) is 1.43. The molecule has 1 radical (unpaired) electrons. The van der Waals surface area contributed by atoms with Crippen molar-refractivity contribution in [2.45, 2.75) is 0 Å². The monoisotopic (exact) mass is 60.0 g/mol. The Bertz CT molecular complexity index is 17.2. The lowest BCUT2D eigenvalue weighted by atomic mass is 11.7. The molecular formula is CO3-. The second-order valence-electron chi connectivity index (χ2n) is 0.167. The van der Waals surface area contributed by atoms with Crippen LogP contribution in [0.15, 0.2) is 0 Å². The molecule has 0 spiro atoms. The molecule has 0 aliphatic rings. The first-order chi connectivity index (χ1) is 1.91. The van der Waals surface area contributed by atoms with E-state index in [-0.39, 0.29) is 0 Å². The Morgan fingerprint density at radius 1 is 2.00 bits per heavy atom. The van der Waals surface area contributed by atoms with Crippen LogP contribution in [0.3, 0.4) is 0 Å². The van der Waals surface area contributed by atoms with Crippen molar-refractivity contribution in [3.63, 3.8) is 0 Å². The molecule has 0 rings (SSSR count). The zero-order valence-corrected chi connectivity index (χ0v) is 1.72. The molecule has 0 saturated heterocycles. The average molecular weight is 60.0 g/mol. The summed E-state index contributed by atoms with van der Waals surface area (Å²) in [5.74, 6) is 0. The molecule has 0 aromatic heterocycles. The Balaban J connectivity index is 2.30. The summed E-state index contributed by atoms with van der Waals surface area (Å²) in [6.45, 7) is 0.625. The van der Waals surface area contributed by atoms with Gasteiger partial charge in [0.1, 0.15) is 0 Å². The Hall–Kier alpha value is -0.570. The first-order valence-electron chi connectivity index (χ1n) is 0.575. The van der Waals surface area contributed by atoms with Gasteiger partial charge in [-0.1, -0.05) is 0 Å². The van der Waals surface area contributed by atoms with E-state index in [0.29, 0.717) is 6.47 Å². The van der Waals surface area contributed by atoms with Crippen molar-refractivity contribution in [1.82, 2.24) is 0 Å². The van der Waals surface area contributed by atoms with E-state index >= 15 is 0 Å². The molecule has 0 atom stereocenters. The Kier molecular flexibility index (Phi) is 2.08. The normalized spacial score (nSPS) is 5.25. The average Bonchev–Trinajstić information content (AvgIpc) is 1.37. The summed E-state index contributed by atoms with van der Waals surface area (Å²) >= 11 is 0. The molecule has 3 heteroatoms. The lowest BCUT2D eigenvalue weighted by Gasteiger charge is -1.86. The molecule has 0 bridgehead atoms. The first kappa shape index (κ1) is 3.43. The Morgan fingerprint density at radius 2 is 2.25 bits per heavy atom. The molecule has 0 fully saturated rings.